The van der Waals surface area contributed by atoms with Gasteiger partial charge >= 0.3 is 5.97 Å². The van der Waals surface area contributed by atoms with E-state index in [1.807, 2.05) is 6.92 Å². The minimum atomic E-state index is -0.0884. The van der Waals surface area contributed by atoms with Gasteiger partial charge in [-0.3, -0.25) is 4.79 Å². The van der Waals surface area contributed by atoms with Crippen LogP contribution in [0.2, 0.25) is 0 Å². The highest BCUT2D eigenvalue weighted by molar-refractivity contribution is 5.77. The van der Waals surface area contributed by atoms with Crippen LogP contribution in [-0.2, 0) is 9.53 Å². The third kappa shape index (κ3) is 1.42. The highest BCUT2D eigenvalue weighted by atomic mass is 16.5. The molecule has 4 aliphatic rings. The Morgan fingerprint density at radius 2 is 1.88 bits per heavy atom. The van der Waals surface area contributed by atoms with Gasteiger partial charge in [0.2, 0.25) is 0 Å². The van der Waals surface area contributed by atoms with Crippen molar-refractivity contribution in [3.8, 4) is 0 Å². The monoisotopic (exact) mass is 222 g/mol. The Bertz CT molecular complexity index is 307. The highest BCUT2D eigenvalue weighted by Crippen LogP contribution is 2.65. The number of hydrogen-bond donors (Lipinski definition) is 0. The Hall–Kier alpha value is -0.530. The topological polar surface area (TPSA) is 26.3 Å². The SMILES string of the molecule is CCOC(=O)C12CC3CC(CC(C)(C3)C1)C2. The van der Waals surface area contributed by atoms with Crippen molar-refractivity contribution >= 4 is 5.97 Å². The van der Waals surface area contributed by atoms with E-state index in [1.54, 1.807) is 0 Å². The van der Waals surface area contributed by atoms with Crippen molar-refractivity contribution in [1.82, 2.24) is 0 Å². The molecule has 0 amide bonds. The van der Waals surface area contributed by atoms with Crippen molar-refractivity contribution in [1.29, 1.82) is 0 Å². The van der Waals surface area contributed by atoms with E-state index in [4.69, 9.17) is 4.74 Å². The van der Waals surface area contributed by atoms with Crippen molar-refractivity contribution in [3.63, 3.8) is 0 Å². The zero-order valence-corrected chi connectivity index (χ0v) is 10.4. The first-order valence-corrected chi connectivity index (χ1v) is 6.72. The van der Waals surface area contributed by atoms with Crippen molar-refractivity contribution in [2.24, 2.45) is 22.7 Å². The molecule has 2 atom stereocenters. The predicted octanol–water partition coefficient (Wildman–Crippen LogP) is 3.16. The summed E-state index contributed by atoms with van der Waals surface area (Å²) in [7, 11) is 0. The van der Waals surface area contributed by atoms with Crippen LogP contribution in [0, 0.1) is 22.7 Å². The van der Waals surface area contributed by atoms with Gasteiger partial charge in [0.15, 0.2) is 0 Å². The summed E-state index contributed by atoms with van der Waals surface area (Å²) in [5.41, 5.74) is 0.353. The fourth-order valence-corrected chi connectivity index (χ4v) is 5.24. The Morgan fingerprint density at radius 3 is 2.38 bits per heavy atom. The Morgan fingerprint density at radius 1 is 1.25 bits per heavy atom. The van der Waals surface area contributed by atoms with E-state index in [0.29, 0.717) is 12.0 Å². The van der Waals surface area contributed by atoms with E-state index in [0.717, 1.165) is 31.1 Å². The number of hydrogen-bond acceptors (Lipinski definition) is 2. The van der Waals surface area contributed by atoms with Crippen LogP contribution in [0.5, 0.6) is 0 Å². The second-order valence-corrected chi connectivity index (χ2v) is 6.77. The van der Waals surface area contributed by atoms with E-state index in [-0.39, 0.29) is 11.4 Å². The molecule has 16 heavy (non-hydrogen) atoms. The molecule has 0 radical (unpaired) electrons. The average molecular weight is 222 g/mol. The minimum Gasteiger partial charge on any atom is -0.466 e. The number of carbonyl (C=O) groups is 1. The molecule has 2 unspecified atom stereocenters. The van der Waals surface area contributed by atoms with E-state index >= 15 is 0 Å². The van der Waals surface area contributed by atoms with Crippen LogP contribution >= 0.6 is 0 Å². The van der Waals surface area contributed by atoms with E-state index < -0.39 is 0 Å². The summed E-state index contributed by atoms with van der Waals surface area (Å²) in [6, 6.07) is 0. The van der Waals surface area contributed by atoms with Crippen LogP contribution in [0.15, 0.2) is 0 Å². The molecule has 4 fully saturated rings. The van der Waals surface area contributed by atoms with Crippen molar-refractivity contribution in [2.45, 2.75) is 52.4 Å². The van der Waals surface area contributed by atoms with E-state index in [9.17, 15) is 4.79 Å². The molecule has 0 saturated heterocycles. The number of ether oxygens (including phenoxy) is 1. The molecule has 4 saturated carbocycles. The summed E-state index contributed by atoms with van der Waals surface area (Å²) in [4.78, 5) is 12.2. The fraction of sp³-hybridized carbons (Fsp3) is 0.929. The number of rotatable bonds is 2. The normalized spacial score (nSPS) is 49.4. The molecule has 0 aromatic carbocycles. The smallest absolute Gasteiger partial charge is 0.312 e. The van der Waals surface area contributed by atoms with Gasteiger partial charge in [0.1, 0.15) is 0 Å². The first kappa shape index (κ1) is 10.6. The third-order valence-electron chi connectivity index (χ3n) is 5.06. The molecular weight excluding hydrogens is 200 g/mol. The minimum absolute atomic E-state index is 0.0884. The summed E-state index contributed by atoms with van der Waals surface area (Å²) in [5.74, 6) is 1.71. The highest BCUT2D eigenvalue weighted by Gasteiger charge is 2.59. The van der Waals surface area contributed by atoms with Gasteiger partial charge in [0.05, 0.1) is 12.0 Å². The van der Waals surface area contributed by atoms with Crippen LogP contribution in [0.3, 0.4) is 0 Å². The first-order chi connectivity index (χ1) is 7.55. The molecule has 0 spiro atoms. The molecule has 0 aliphatic heterocycles. The van der Waals surface area contributed by atoms with Crippen LogP contribution in [0.25, 0.3) is 0 Å². The van der Waals surface area contributed by atoms with Gasteiger partial charge < -0.3 is 4.74 Å². The molecule has 0 heterocycles. The van der Waals surface area contributed by atoms with Gasteiger partial charge in [-0.25, -0.2) is 0 Å². The summed E-state index contributed by atoms with van der Waals surface area (Å²) in [6.45, 7) is 4.84. The van der Waals surface area contributed by atoms with E-state index in [2.05, 4.69) is 6.92 Å². The van der Waals surface area contributed by atoms with Crippen molar-refractivity contribution in [2.75, 3.05) is 6.61 Å². The van der Waals surface area contributed by atoms with Crippen LogP contribution < -0.4 is 0 Å². The summed E-state index contributed by atoms with van der Waals surface area (Å²) in [6.07, 6.45) is 7.38. The molecule has 4 aliphatic carbocycles. The lowest BCUT2D eigenvalue weighted by Crippen LogP contribution is -2.54. The lowest BCUT2D eigenvalue weighted by Gasteiger charge is -2.59. The van der Waals surface area contributed by atoms with Crippen LogP contribution in [0.4, 0.5) is 0 Å². The zero-order valence-electron chi connectivity index (χ0n) is 10.4. The van der Waals surface area contributed by atoms with Crippen molar-refractivity contribution in [3.05, 3.63) is 0 Å². The quantitative estimate of drug-likeness (QED) is 0.671. The lowest BCUT2D eigenvalue weighted by molar-refractivity contribution is -0.178. The van der Waals surface area contributed by atoms with E-state index in [1.165, 1.54) is 19.3 Å². The van der Waals surface area contributed by atoms with Crippen molar-refractivity contribution < 1.29 is 9.53 Å². The maximum atomic E-state index is 12.2. The molecule has 0 aromatic rings. The molecule has 0 N–H and O–H groups in total. The number of carbonyl (C=O) groups excluding carboxylic acids is 1. The van der Waals surface area contributed by atoms with Gasteiger partial charge in [0.25, 0.3) is 0 Å². The molecule has 4 bridgehead atoms. The maximum absolute atomic E-state index is 12.2. The summed E-state index contributed by atoms with van der Waals surface area (Å²) < 4.78 is 5.33. The fourth-order valence-electron chi connectivity index (χ4n) is 5.24. The standard InChI is InChI=1S/C14H22O2/c1-3-16-12(15)14-7-10-4-11(8-14)6-13(2,5-10)9-14/h10-11H,3-9H2,1-2H3. The summed E-state index contributed by atoms with van der Waals surface area (Å²) in [5, 5.41) is 0. The molecule has 2 heteroatoms. The molecular formula is C14H22O2. The van der Waals surface area contributed by atoms with Crippen LogP contribution in [-0.4, -0.2) is 12.6 Å². The number of esters is 1. The van der Waals surface area contributed by atoms with Crippen LogP contribution in [0.1, 0.15) is 52.4 Å². The maximum Gasteiger partial charge on any atom is 0.312 e. The zero-order chi connectivity index (χ0) is 11.4. The Labute approximate surface area is 97.7 Å². The molecule has 90 valence electrons. The first-order valence-electron chi connectivity index (χ1n) is 6.72. The van der Waals surface area contributed by atoms with Gasteiger partial charge in [-0.05, 0) is 62.7 Å². The summed E-state index contributed by atoms with van der Waals surface area (Å²) >= 11 is 0. The Balaban J connectivity index is 1.89. The van der Waals surface area contributed by atoms with Gasteiger partial charge in [-0.15, -0.1) is 0 Å². The van der Waals surface area contributed by atoms with Gasteiger partial charge in [-0.2, -0.15) is 0 Å². The third-order valence-corrected chi connectivity index (χ3v) is 5.06. The van der Waals surface area contributed by atoms with Gasteiger partial charge in [-0.1, -0.05) is 6.92 Å². The second-order valence-electron chi connectivity index (χ2n) is 6.77. The molecule has 4 rings (SSSR count). The Kier molecular flexibility index (Phi) is 2.15. The molecule has 0 aromatic heterocycles. The average Bonchev–Trinajstić information content (AvgIpc) is 2.13. The second kappa shape index (κ2) is 3.24. The lowest BCUT2D eigenvalue weighted by atomic mass is 9.44. The van der Waals surface area contributed by atoms with Gasteiger partial charge in [0, 0.05) is 0 Å². The molecule has 2 nitrogen and oxygen atoms in total. The largest absolute Gasteiger partial charge is 0.466 e. The predicted molar refractivity (Wildman–Crippen MR) is 61.9 cm³/mol.